The first-order valence-corrected chi connectivity index (χ1v) is 10.3. The summed E-state index contributed by atoms with van der Waals surface area (Å²) in [4.78, 5) is 30.2. The molecule has 0 spiro atoms. The van der Waals surface area contributed by atoms with E-state index in [-0.39, 0.29) is 18.0 Å². The number of fused-ring (bicyclic) bond motifs is 1. The standard InChI is InChI=1S/C24H22N4O3/c1-14-7-8-15(2)19(11-14)25-21(29)13-28-20-6-4-3-5-17(20)18(12-22(28)30)24-26-23(27-31-24)16-9-10-16/h3-8,11-12,16H,9-10,13H2,1-2H3,(H,25,29). The van der Waals surface area contributed by atoms with Gasteiger partial charge >= 0.3 is 0 Å². The molecule has 2 heterocycles. The van der Waals surface area contributed by atoms with E-state index in [0.717, 1.165) is 35.0 Å². The van der Waals surface area contributed by atoms with Crippen LogP contribution < -0.4 is 10.9 Å². The van der Waals surface area contributed by atoms with E-state index in [4.69, 9.17) is 4.52 Å². The van der Waals surface area contributed by atoms with Crippen molar-refractivity contribution in [3.63, 3.8) is 0 Å². The third kappa shape index (κ3) is 3.74. The molecular weight excluding hydrogens is 392 g/mol. The van der Waals surface area contributed by atoms with Gasteiger partial charge in [0.05, 0.1) is 11.1 Å². The number of aromatic nitrogens is 3. The summed E-state index contributed by atoms with van der Waals surface area (Å²) in [6.07, 6.45) is 2.13. The first-order valence-electron chi connectivity index (χ1n) is 10.3. The van der Waals surface area contributed by atoms with Crippen LogP contribution in [0, 0.1) is 13.8 Å². The number of amides is 1. The van der Waals surface area contributed by atoms with Crippen LogP contribution >= 0.6 is 0 Å². The molecular formula is C24H22N4O3. The van der Waals surface area contributed by atoms with Crippen LogP contribution in [0.5, 0.6) is 0 Å². The zero-order valence-electron chi connectivity index (χ0n) is 17.4. The number of nitrogens with one attached hydrogen (secondary N) is 1. The predicted molar refractivity (Wildman–Crippen MR) is 118 cm³/mol. The first-order chi connectivity index (χ1) is 15.0. The Morgan fingerprint density at radius 1 is 1.16 bits per heavy atom. The van der Waals surface area contributed by atoms with Crippen molar-refractivity contribution in [3.8, 4) is 11.5 Å². The molecule has 7 heteroatoms. The second kappa shape index (κ2) is 7.50. The van der Waals surface area contributed by atoms with Crippen LogP contribution in [-0.2, 0) is 11.3 Å². The lowest BCUT2D eigenvalue weighted by molar-refractivity contribution is -0.116. The number of hydrogen-bond donors (Lipinski definition) is 1. The van der Waals surface area contributed by atoms with Crippen molar-refractivity contribution in [3.05, 3.63) is 75.8 Å². The van der Waals surface area contributed by atoms with E-state index in [1.165, 1.54) is 10.6 Å². The number of aryl methyl sites for hydroxylation is 2. The van der Waals surface area contributed by atoms with Crippen LogP contribution in [-0.4, -0.2) is 20.6 Å². The monoisotopic (exact) mass is 414 g/mol. The topological polar surface area (TPSA) is 90.0 Å². The van der Waals surface area contributed by atoms with E-state index in [0.29, 0.717) is 28.7 Å². The summed E-state index contributed by atoms with van der Waals surface area (Å²) < 4.78 is 6.92. The molecule has 1 saturated carbocycles. The number of anilines is 1. The van der Waals surface area contributed by atoms with Crippen LogP contribution in [0.3, 0.4) is 0 Å². The Morgan fingerprint density at radius 2 is 1.97 bits per heavy atom. The van der Waals surface area contributed by atoms with Crippen molar-refractivity contribution in [2.45, 2.75) is 39.2 Å². The van der Waals surface area contributed by atoms with E-state index in [1.807, 2.05) is 56.3 Å². The number of rotatable bonds is 5. The number of hydrogen-bond acceptors (Lipinski definition) is 5. The molecule has 5 rings (SSSR count). The molecule has 4 aromatic rings. The lowest BCUT2D eigenvalue weighted by Crippen LogP contribution is -2.28. The smallest absolute Gasteiger partial charge is 0.258 e. The minimum absolute atomic E-state index is 0.0931. The molecule has 0 bridgehead atoms. The molecule has 7 nitrogen and oxygen atoms in total. The highest BCUT2D eigenvalue weighted by atomic mass is 16.5. The molecule has 0 aliphatic heterocycles. The second-order valence-electron chi connectivity index (χ2n) is 8.10. The third-order valence-corrected chi connectivity index (χ3v) is 5.60. The number of para-hydroxylation sites is 1. The van der Waals surface area contributed by atoms with Gasteiger partial charge in [-0.2, -0.15) is 4.98 Å². The molecule has 0 saturated heterocycles. The van der Waals surface area contributed by atoms with E-state index in [2.05, 4.69) is 15.5 Å². The molecule has 0 atom stereocenters. The van der Waals surface area contributed by atoms with E-state index >= 15 is 0 Å². The Morgan fingerprint density at radius 3 is 2.77 bits per heavy atom. The molecule has 1 N–H and O–H groups in total. The van der Waals surface area contributed by atoms with Gasteiger partial charge in [0.2, 0.25) is 5.91 Å². The molecule has 0 unspecified atom stereocenters. The average Bonchev–Trinajstić information content (AvgIpc) is 3.49. The van der Waals surface area contributed by atoms with Crippen molar-refractivity contribution in [2.75, 3.05) is 5.32 Å². The van der Waals surface area contributed by atoms with Gasteiger partial charge in [-0.15, -0.1) is 0 Å². The highest BCUT2D eigenvalue weighted by molar-refractivity contribution is 5.95. The third-order valence-electron chi connectivity index (χ3n) is 5.60. The van der Waals surface area contributed by atoms with Gasteiger partial charge in [-0.05, 0) is 49.9 Å². The van der Waals surface area contributed by atoms with E-state index in [1.54, 1.807) is 0 Å². The molecule has 1 aliphatic carbocycles. The summed E-state index contributed by atoms with van der Waals surface area (Å²) in [5.41, 5.74) is 3.71. The van der Waals surface area contributed by atoms with Crippen LogP contribution in [0.15, 0.2) is 57.8 Å². The Bertz CT molecular complexity index is 1370. The Kier molecular flexibility index (Phi) is 4.66. The SMILES string of the molecule is Cc1ccc(C)c(NC(=O)Cn2c(=O)cc(-c3nc(C4CC4)no3)c3ccccc32)c1. The minimum atomic E-state index is -0.295. The van der Waals surface area contributed by atoms with Crippen LogP contribution in [0.25, 0.3) is 22.4 Å². The summed E-state index contributed by atoms with van der Waals surface area (Å²) in [7, 11) is 0. The van der Waals surface area contributed by atoms with Crippen molar-refractivity contribution < 1.29 is 9.32 Å². The fraction of sp³-hybridized carbons (Fsp3) is 0.250. The first kappa shape index (κ1) is 19.2. The summed E-state index contributed by atoms with van der Waals surface area (Å²) in [6, 6.07) is 14.8. The Hall–Kier alpha value is -3.74. The summed E-state index contributed by atoms with van der Waals surface area (Å²) >= 11 is 0. The number of carbonyl (C=O) groups excluding carboxylic acids is 1. The van der Waals surface area contributed by atoms with Crippen LogP contribution in [0.2, 0.25) is 0 Å². The van der Waals surface area contributed by atoms with E-state index in [9.17, 15) is 9.59 Å². The quantitative estimate of drug-likeness (QED) is 0.529. The van der Waals surface area contributed by atoms with E-state index < -0.39 is 0 Å². The Labute approximate surface area is 178 Å². The van der Waals surface area contributed by atoms with Gasteiger partial charge < -0.3 is 9.84 Å². The molecule has 2 aromatic carbocycles. The maximum atomic E-state index is 13.0. The largest absolute Gasteiger partial charge is 0.334 e. The molecule has 0 radical (unpaired) electrons. The van der Waals surface area contributed by atoms with Crippen molar-refractivity contribution in [1.29, 1.82) is 0 Å². The van der Waals surface area contributed by atoms with Crippen LogP contribution in [0.1, 0.15) is 35.7 Å². The summed E-state index contributed by atoms with van der Waals surface area (Å²) in [6.45, 7) is 3.81. The molecule has 156 valence electrons. The van der Waals surface area contributed by atoms with Gasteiger partial charge in [0.1, 0.15) is 6.54 Å². The van der Waals surface area contributed by atoms with Crippen molar-refractivity contribution >= 4 is 22.5 Å². The average molecular weight is 414 g/mol. The zero-order valence-corrected chi connectivity index (χ0v) is 17.4. The highest BCUT2D eigenvalue weighted by Crippen LogP contribution is 2.39. The lowest BCUT2D eigenvalue weighted by Gasteiger charge is -2.13. The summed E-state index contributed by atoms with van der Waals surface area (Å²) in [5.74, 6) is 1.12. The molecule has 1 amide bonds. The van der Waals surface area contributed by atoms with Crippen LogP contribution in [0.4, 0.5) is 5.69 Å². The number of carbonyl (C=O) groups is 1. The van der Waals surface area contributed by atoms with Gasteiger partial charge in [-0.3, -0.25) is 14.2 Å². The lowest BCUT2D eigenvalue weighted by atomic mass is 10.1. The highest BCUT2D eigenvalue weighted by Gasteiger charge is 2.29. The number of nitrogens with zero attached hydrogens (tertiary/aromatic N) is 3. The number of pyridine rings is 1. The van der Waals surface area contributed by atoms with Gasteiger partial charge in [0.15, 0.2) is 5.82 Å². The second-order valence-corrected chi connectivity index (χ2v) is 8.10. The Balaban J connectivity index is 1.50. The normalized spacial score (nSPS) is 13.5. The summed E-state index contributed by atoms with van der Waals surface area (Å²) in [5, 5.41) is 7.77. The molecule has 31 heavy (non-hydrogen) atoms. The maximum Gasteiger partial charge on any atom is 0.258 e. The maximum absolute atomic E-state index is 13.0. The molecule has 2 aromatic heterocycles. The van der Waals surface area contributed by atoms with Gasteiger partial charge in [0.25, 0.3) is 11.4 Å². The van der Waals surface area contributed by atoms with Gasteiger partial charge in [0, 0.05) is 23.1 Å². The zero-order chi connectivity index (χ0) is 21.5. The van der Waals surface area contributed by atoms with Gasteiger partial charge in [-0.1, -0.05) is 35.5 Å². The van der Waals surface area contributed by atoms with Gasteiger partial charge in [-0.25, -0.2) is 0 Å². The fourth-order valence-electron chi connectivity index (χ4n) is 3.73. The minimum Gasteiger partial charge on any atom is -0.334 e. The number of benzene rings is 2. The fourth-order valence-corrected chi connectivity index (χ4v) is 3.73. The predicted octanol–water partition coefficient (Wildman–Crippen LogP) is 4.18. The van der Waals surface area contributed by atoms with Crippen molar-refractivity contribution in [2.24, 2.45) is 0 Å². The molecule has 1 aliphatic rings. The molecule has 1 fully saturated rings. The van der Waals surface area contributed by atoms with Crippen molar-refractivity contribution in [1.82, 2.24) is 14.7 Å².